The maximum Gasteiger partial charge on any atom is 0.317 e. The summed E-state index contributed by atoms with van der Waals surface area (Å²) in [6.45, 7) is 2.13. The Morgan fingerprint density at radius 2 is 1.83 bits per heavy atom. The molecular formula is C18H21NO4. The summed E-state index contributed by atoms with van der Waals surface area (Å²) in [4.78, 5) is 35.6. The van der Waals surface area contributed by atoms with E-state index in [0.717, 1.165) is 18.5 Å². The van der Waals surface area contributed by atoms with Gasteiger partial charge in [-0.1, -0.05) is 25.5 Å². The molecule has 122 valence electrons. The predicted molar refractivity (Wildman–Crippen MR) is 84.5 cm³/mol. The lowest BCUT2D eigenvalue weighted by Gasteiger charge is -2.26. The summed E-state index contributed by atoms with van der Waals surface area (Å²) < 4.78 is 4.68. The number of benzene rings is 1. The van der Waals surface area contributed by atoms with Gasteiger partial charge in [-0.3, -0.25) is 14.4 Å². The van der Waals surface area contributed by atoms with Crippen LogP contribution in [0, 0.1) is 17.8 Å². The summed E-state index contributed by atoms with van der Waals surface area (Å²) in [7, 11) is 0. The van der Waals surface area contributed by atoms with Crippen LogP contribution in [0.4, 0.5) is 5.69 Å². The van der Waals surface area contributed by atoms with Crippen molar-refractivity contribution >= 4 is 23.5 Å². The monoisotopic (exact) mass is 315 g/mol. The van der Waals surface area contributed by atoms with E-state index in [0.29, 0.717) is 19.3 Å². The lowest BCUT2D eigenvalue weighted by molar-refractivity contribution is -0.153. The van der Waals surface area contributed by atoms with Crippen molar-refractivity contribution < 1.29 is 19.1 Å². The lowest BCUT2D eigenvalue weighted by atomic mass is 9.75. The van der Waals surface area contributed by atoms with Crippen LogP contribution in [0.1, 0.15) is 38.2 Å². The number of rotatable bonds is 4. The zero-order chi connectivity index (χ0) is 16.4. The van der Waals surface area contributed by atoms with E-state index in [2.05, 4.69) is 17.0 Å². The fourth-order valence-electron chi connectivity index (χ4n) is 3.49. The largest absolute Gasteiger partial charge is 0.393 e. The second-order valence-electron chi connectivity index (χ2n) is 6.40. The average Bonchev–Trinajstić information content (AvgIpc) is 2.84. The molecule has 5 nitrogen and oxygen atoms in total. The van der Waals surface area contributed by atoms with Gasteiger partial charge < -0.3 is 10.1 Å². The molecule has 0 aromatic heterocycles. The van der Waals surface area contributed by atoms with E-state index in [9.17, 15) is 14.4 Å². The summed E-state index contributed by atoms with van der Waals surface area (Å²) >= 11 is 0. The van der Waals surface area contributed by atoms with Crippen molar-refractivity contribution in [1.29, 1.82) is 0 Å². The normalized spacial score (nSPS) is 26.6. The number of carbonyl (C=O) groups excluding carboxylic acids is 3. The molecule has 1 amide bonds. The molecule has 1 saturated carbocycles. The molecule has 23 heavy (non-hydrogen) atoms. The number of amides is 1. The molecule has 1 aliphatic carbocycles. The molecule has 3 rings (SSSR count). The molecule has 0 radical (unpaired) electrons. The first kappa shape index (κ1) is 15.7. The van der Waals surface area contributed by atoms with Crippen molar-refractivity contribution in [3.8, 4) is 0 Å². The minimum Gasteiger partial charge on any atom is -0.393 e. The molecular weight excluding hydrogens is 294 g/mol. The van der Waals surface area contributed by atoms with Crippen molar-refractivity contribution in [1.82, 2.24) is 0 Å². The number of aryl methyl sites for hydroxylation is 1. The van der Waals surface area contributed by atoms with Crippen molar-refractivity contribution in [3.05, 3.63) is 29.8 Å². The van der Waals surface area contributed by atoms with E-state index >= 15 is 0 Å². The van der Waals surface area contributed by atoms with Gasteiger partial charge in [-0.05, 0) is 43.4 Å². The SMILES string of the molecule is CCCc1ccc(NC(=O)C2CCC3C(=O)OC(=O)C3C2)cc1. The Kier molecular flexibility index (Phi) is 4.46. The molecule has 1 heterocycles. The molecule has 2 fully saturated rings. The minimum absolute atomic E-state index is 0.0844. The van der Waals surface area contributed by atoms with Gasteiger partial charge in [-0.2, -0.15) is 0 Å². The molecule has 1 aromatic carbocycles. The maximum absolute atomic E-state index is 12.4. The van der Waals surface area contributed by atoms with Crippen molar-refractivity contribution in [2.75, 3.05) is 5.32 Å². The van der Waals surface area contributed by atoms with Gasteiger partial charge in [0, 0.05) is 11.6 Å². The second-order valence-corrected chi connectivity index (χ2v) is 6.40. The summed E-state index contributed by atoms with van der Waals surface area (Å²) in [5, 5.41) is 2.91. The van der Waals surface area contributed by atoms with Gasteiger partial charge in [0.05, 0.1) is 11.8 Å². The van der Waals surface area contributed by atoms with Crippen LogP contribution in [-0.2, 0) is 25.5 Å². The highest BCUT2D eigenvalue weighted by Gasteiger charge is 2.48. The summed E-state index contributed by atoms with van der Waals surface area (Å²) in [6, 6.07) is 7.84. The molecule has 1 aromatic rings. The number of anilines is 1. The molecule has 0 bridgehead atoms. The molecule has 5 heteroatoms. The Morgan fingerprint density at radius 3 is 2.52 bits per heavy atom. The van der Waals surface area contributed by atoms with Crippen LogP contribution in [0.15, 0.2) is 24.3 Å². The van der Waals surface area contributed by atoms with E-state index in [1.807, 2.05) is 24.3 Å². The quantitative estimate of drug-likeness (QED) is 0.685. The lowest BCUT2D eigenvalue weighted by Crippen LogP contribution is -2.33. The van der Waals surface area contributed by atoms with Crippen LogP contribution in [0.2, 0.25) is 0 Å². The number of hydrogen-bond donors (Lipinski definition) is 1. The van der Waals surface area contributed by atoms with E-state index < -0.39 is 17.9 Å². The molecule has 3 unspecified atom stereocenters. The Bertz CT molecular complexity index is 622. The highest BCUT2D eigenvalue weighted by atomic mass is 16.6. The number of esters is 2. The van der Waals surface area contributed by atoms with E-state index in [-0.39, 0.29) is 17.7 Å². The van der Waals surface area contributed by atoms with Gasteiger partial charge in [0.2, 0.25) is 5.91 Å². The smallest absolute Gasteiger partial charge is 0.317 e. The predicted octanol–water partition coefficient (Wildman–Crippen LogP) is 2.69. The van der Waals surface area contributed by atoms with Crippen LogP contribution >= 0.6 is 0 Å². The zero-order valence-electron chi connectivity index (χ0n) is 13.2. The first-order valence-electron chi connectivity index (χ1n) is 8.24. The average molecular weight is 315 g/mol. The number of carbonyl (C=O) groups is 3. The maximum atomic E-state index is 12.4. The van der Waals surface area contributed by atoms with Gasteiger partial charge in [0.25, 0.3) is 0 Å². The number of cyclic esters (lactones) is 2. The van der Waals surface area contributed by atoms with Gasteiger partial charge in [-0.15, -0.1) is 0 Å². The summed E-state index contributed by atoms with van der Waals surface area (Å²) in [5.74, 6) is -2.02. The van der Waals surface area contributed by atoms with Crippen molar-refractivity contribution in [2.45, 2.75) is 39.0 Å². The fourth-order valence-corrected chi connectivity index (χ4v) is 3.49. The molecule has 1 saturated heterocycles. The van der Waals surface area contributed by atoms with Gasteiger partial charge in [0.1, 0.15) is 0 Å². The van der Waals surface area contributed by atoms with E-state index in [4.69, 9.17) is 0 Å². The fraction of sp³-hybridized carbons (Fsp3) is 0.500. The molecule has 1 N–H and O–H groups in total. The van der Waals surface area contributed by atoms with Gasteiger partial charge in [0.15, 0.2) is 0 Å². The van der Waals surface area contributed by atoms with Crippen LogP contribution < -0.4 is 5.32 Å². The van der Waals surface area contributed by atoms with E-state index in [1.165, 1.54) is 5.56 Å². The highest BCUT2D eigenvalue weighted by molar-refractivity contribution is 5.98. The van der Waals surface area contributed by atoms with E-state index in [1.54, 1.807) is 0 Å². The Hall–Kier alpha value is -2.17. The van der Waals surface area contributed by atoms with Gasteiger partial charge in [-0.25, -0.2) is 0 Å². The Balaban J connectivity index is 1.60. The van der Waals surface area contributed by atoms with Crippen LogP contribution in [0.5, 0.6) is 0 Å². The first-order chi connectivity index (χ1) is 11.1. The third-order valence-corrected chi connectivity index (χ3v) is 4.79. The van der Waals surface area contributed by atoms with Crippen LogP contribution in [-0.4, -0.2) is 17.8 Å². The van der Waals surface area contributed by atoms with Crippen molar-refractivity contribution in [2.24, 2.45) is 17.8 Å². The molecule has 3 atom stereocenters. The standard InChI is InChI=1S/C18H21NO4/c1-2-3-11-4-7-13(8-5-11)19-16(20)12-6-9-14-15(10-12)18(22)23-17(14)21/h4-5,7-8,12,14-15H,2-3,6,9-10H2,1H3,(H,19,20). The van der Waals surface area contributed by atoms with Crippen LogP contribution in [0.25, 0.3) is 0 Å². The van der Waals surface area contributed by atoms with Crippen molar-refractivity contribution in [3.63, 3.8) is 0 Å². The number of ether oxygens (including phenoxy) is 1. The number of fused-ring (bicyclic) bond motifs is 1. The Labute approximate surface area is 135 Å². The zero-order valence-corrected chi connectivity index (χ0v) is 13.2. The summed E-state index contributed by atoms with van der Waals surface area (Å²) in [5.41, 5.74) is 2.01. The number of nitrogens with one attached hydrogen (secondary N) is 1. The molecule has 0 spiro atoms. The Morgan fingerprint density at radius 1 is 1.13 bits per heavy atom. The first-order valence-corrected chi connectivity index (χ1v) is 8.24. The second kappa shape index (κ2) is 6.52. The third kappa shape index (κ3) is 3.28. The molecule has 1 aliphatic heterocycles. The minimum atomic E-state index is -0.471. The topological polar surface area (TPSA) is 72.5 Å². The number of hydrogen-bond acceptors (Lipinski definition) is 4. The van der Waals surface area contributed by atoms with Crippen LogP contribution in [0.3, 0.4) is 0 Å². The van der Waals surface area contributed by atoms with Gasteiger partial charge >= 0.3 is 11.9 Å². The molecule has 2 aliphatic rings. The highest BCUT2D eigenvalue weighted by Crippen LogP contribution is 2.39. The summed E-state index contributed by atoms with van der Waals surface area (Å²) in [6.07, 6.45) is 3.67. The third-order valence-electron chi connectivity index (χ3n) is 4.79.